The summed E-state index contributed by atoms with van der Waals surface area (Å²) >= 11 is 0. The first kappa shape index (κ1) is 17.9. The highest BCUT2D eigenvalue weighted by Gasteiger charge is 2.15. The van der Waals surface area contributed by atoms with Gasteiger partial charge in [-0.3, -0.25) is 4.79 Å². The van der Waals surface area contributed by atoms with E-state index in [1.807, 2.05) is 66.7 Å². The van der Waals surface area contributed by atoms with E-state index in [0.29, 0.717) is 5.88 Å². The third kappa shape index (κ3) is 3.52. The SMILES string of the molecule is COc1nc(C(=O)NCC(O)c2ccc3ccccc3c2)cc2ccccc12. The Balaban J connectivity index is 1.51. The number of ether oxygens (including phenoxy) is 1. The average Bonchev–Trinajstić information content (AvgIpc) is 2.76. The maximum atomic E-state index is 12.6. The number of aromatic nitrogens is 1. The number of carbonyl (C=O) groups is 1. The summed E-state index contributed by atoms with van der Waals surface area (Å²) in [5, 5.41) is 17.1. The molecule has 28 heavy (non-hydrogen) atoms. The topological polar surface area (TPSA) is 71.5 Å². The molecule has 5 nitrogen and oxygen atoms in total. The van der Waals surface area contributed by atoms with Crippen molar-refractivity contribution in [2.45, 2.75) is 6.10 Å². The molecule has 0 spiro atoms. The molecule has 0 aliphatic heterocycles. The van der Waals surface area contributed by atoms with Crippen molar-refractivity contribution in [3.8, 4) is 5.88 Å². The third-order valence-corrected chi connectivity index (χ3v) is 4.75. The van der Waals surface area contributed by atoms with Crippen LogP contribution in [0.25, 0.3) is 21.5 Å². The zero-order chi connectivity index (χ0) is 19.5. The van der Waals surface area contributed by atoms with Crippen LogP contribution in [0.2, 0.25) is 0 Å². The van der Waals surface area contributed by atoms with Crippen molar-refractivity contribution in [1.82, 2.24) is 10.3 Å². The summed E-state index contributed by atoms with van der Waals surface area (Å²) in [6.45, 7) is 0.0913. The van der Waals surface area contributed by atoms with Gasteiger partial charge < -0.3 is 15.2 Å². The maximum absolute atomic E-state index is 12.6. The largest absolute Gasteiger partial charge is 0.481 e. The number of fused-ring (bicyclic) bond motifs is 2. The first-order valence-corrected chi connectivity index (χ1v) is 9.04. The number of nitrogens with one attached hydrogen (secondary N) is 1. The molecule has 0 fully saturated rings. The molecule has 4 aromatic rings. The minimum absolute atomic E-state index is 0.0913. The van der Waals surface area contributed by atoms with Gasteiger partial charge in [0.05, 0.1) is 13.2 Å². The molecule has 0 radical (unpaired) electrons. The van der Waals surface area contributed by atoms with Crippen LogP contribution in [-0.2, 0) is 0 Å². The number of benzene rings is 3. The lowest BCUT2D eigenvalue weighted by atomic mass is 10.0. The van der Waals surface area contributed by atoms with Crippen molar-refractivity contribution < 1.29 is 14.6 Å². The van der Waals surface area contributed by atoms with Crippen LogP contribution in [0.15, 0.2) is 72.8 Å². The number of hydrogen-bond donors (Lipinski definition) is 2. The van der Waals surface area contributed by atoms with E-state index < -0.39 is 6.10 Å². The normalized spacial score (nSPS) is 12.1. The Labute approximate surface area is 162 Å². The number of nitrogens with zero attached hydrogens (tertiary/aromatic N) is 1. The monoisotopic (exact) mass is 372 g/mol. The van der Waals surface area contributed by atoms with Gasteiger partial charge in [-0.2, -0.15) is 0 Å². The predicted molar refractivity (Wildman–Crippen MR) is 110 cm³/mol. The lowest BCUT2D eigenvalue weighted by Crippen LogP contribution is -2.29. The maximum Gasteiger partial charge on any atom is 0.270 e. The van der Waals surface area contributed by atoms with Crippen molar-refractivity contribution >= 4 is 27.5 Å². The second-order valence-electron chi connectivity index (χ2n) is 6.57. The third-order valence-electron chi connectivity index (χ3n) is 4.75. The van der Waals surface area contributed by atoms with E-state index in [2.05, 4.69) is 10.3 Å². The second-order valence-corrected chi connectivity index (χ2v) is 6.57. The van der Waals surface area contributed by atoms with Crippen LogP contribution < -0.4 is 10.1 Å². The average molecular weight is 372 g/mol. The van der Waals surface area contributed by atoms with Crippen molar-refractivity contribution in [3.63, 3.8) is 0 Å². The summed E-state index contributed by atoms with van der Waals surface area (Å²) in [5.41, 5.74) is 1.00. The molecular formula is C23H20N2O3. The molecule has 1 aromatic heterocycles. The van der Waals surface area contributed by atoms with Gasteiger partial charge >= 0.3 is 0 Å². The van der Waals surface area contributed by atoms with Gasteiger partial charge in [-0.05, 0) is 39.9 Å². The number of methoxy groups -OCH3 is 1. The first-order chi connectivity index (χ1) is 13.7. The lowest BCUT2D eigenvalue weighted by molar-refractivity contribution is 0.0911. The van der Waals surface area contributed by atoms with E-state index in [4.69, 9.17) is 4.74 Å². The molecule has 1 unspecified atom stereocenters. The van der Waals surface area contributed by atoms with E-state index >= 15 is 0 Å². The van der Waals surface area contributed by atoms with Crippen molar-refractivity contribution in [1.29, 1.82) is 0 Å². The Hall–Kier alpha value is -3.44. The van der Waals surface area contributed by atoms with Crippen LogP contribution in [0.4, 0.5) is 0 Å². The molecule has 140 valence electrons. The van der Waals surface area contributed by atoms with E-state index in [1.54, 1.807) is 6.07 Å². The number of aliphatic hydroxyl groups is 1. The summed E-state index contributed by atoms with van der Waals surface area (Å²) in [5.74, 6) is 0.0437. The molecule has 1 atom stereocenters. The van der Waals surface area contributed by atoms with E-state index in [9.17, 15) is 9.90 Å². The predicted octanol–water partition coefficient (Wildman–Crippen LogP) is 3.86. The van der Waals surface area contributed by atoms with Gasteiger partial charge in [0.1, 0.15) is 5.69 Å². The molecule has 2 N–H and O–H groups in total. The molecular weight excluding hydrogens is 352 g/mol. The first-order valence-electron chi connectivity index (χ1n) is 9.04. The Kier molecular flexibility index (Phi) is 4.91. The minimum atomic E-state index is -0.809. The van der Waals surface area contributed by atoms with Gasteiger partial charge in [0, 0.05) is 11.9 Å². The smallest absolute Gasteiger partial charge is 0.270 e. The second kappa shape index (κ2) is 7.66. The molecule has 0 saturated carbocycles. The van der Waals surface area contributed by atoms with Crippen LogP contribution in [-0.4, -0.2) is 29.7 Å². The van der Waals surface area contributed by atoms with Crippen LogP contribution in [0.1, 0.15) is 22.2 Å². The number of hydrogen-bond acceptors (Lipinski definition) is 4. The summed E-state index contributed by atoms with van der Waals surface area (Å²) in [7, 11) is 1.53. The Morgan fingerprint density at radius 3 is 2.50 bits per heavy atom. The molecule has 0 aliphatic rings. The molecule has 3 aromatic carbocycles. The van der Waals surface area contributed by atoms with Gasteiger partial charge in [-0.25, -0.2) is 4.98 Å². The Morgan fingerprint density at radius 1 is 1.00 bits per heavy atom. The summed E-state index contributed by atoms with van der Waals surface area (Å²) in [4.78, 5) is 16.9. The number of aliphatic hydroxyl groups excluding tert-OH is 1. The van der Waals surface area contributed by atoms with Gasteiger partial charge in [0.25, 0.3) is 5.91 Å². The molecule has 4 rings (SSSR count). The van der Waals surface area contributed by atoms with Gasteiger partial charge in [0.2, 0.25) is 5.88 Å². The van der Waals surface area contributed by atoms with Gasteiger partial charge in [-0.15, -0.1) is 0 Å². The highest BCUT2D eigenvalue weighted by molar-refractivity contribution is 5.98. The minimum Gasteiger partial charge on any atom is -0.481 e. The fraction of sp³-hybridized carbons (Fsp3) is 0.130. The van der Waals surface area contributed by atoms with Gasteiger partial charge in [-0.1, -0.05) is 54.6 Å². The zero-order valence-corrected chi connectivity index (χ0v) is 15.4. The number of pyridine rings is 1. The number of carbonyl (C=O) groups excluding carboxylic acids is 1. The molecule has 5 heteroatoms. The fourth-order valence-electron chi connectivity index (χ4n) is 3.25. The highest BCUT2D eigenvalue weighted by Crippen LogP contribution is 2.24. The molecule has 1 amide bonds. The van der Waals surface area contributed by atoms with Crippen molar-refractivity contribution in [3.05, 3.63) is 84.1 Å². The van der Waals surface area contributed by atoms with Crippen molar-refractivity contribution in [2.75, 3.05) is 13.7 Å². The highest BCUT2D eigenvalue weighted by atomic mass is 16.5. The van der Waals surface area contributed by atoms with Crippen LogP contribution >= 0.6 is 0 Å². The quantitative estimate of drug-likeness (QED) is 0.558. The fourth-order valence-corrected chi connectivity index (χ4v) is 3.25. The van der Waals surface area contributed by atoms with Crippen molar-refractivity contribution in [2.24, 2.45) is 0 Å². The Morgan fingerprint density at radius 2 is 1.71 bits per heavy atom. The summed E-state index contributed by atoms with van der Waals surface area (Å²) in [6.07, 6.45) is -0.809. The Bertz CT molecular complexity index is 1160. The van der Waals surface area contributed by atoms with E-state index in [-0.39, 0.29) is 18.1 Å². The molecule has 1 heterocycles. The summed E-state index contributed by atoms with van der Waals surface area (Å²) < 4.78 is 5.31. The summed E-state index contributed by atoms with van der Waals surface area (Å²) in [6, 6.07) is 23.0. The standard InChI is InChI=1S/C23H20N2O3/c1-28-23-19-9-5-4-8-17(19)13-20(25-23)22(27)24-14-21(26)18-11-10-15-6-2-3-7-16(15)12-18/h2-13,21,26H,14H2,1H3,(H,24,27). The van der Waals surface area contributed by atoms with Gasteiger partial charge in [0.15, 0.2) is 0 Å². The molecule has 0 saturated heterocycles. The molecule has 0 aliphatic carbocycles. The van der Waals surface area contributed by atoms with E-state index in [0.717, 1.165) is 27.1 Å². The van der Waals surface area contributed by atoms with Crippen LogP contribution in [0.5, 0.6) is 5.88 Å². The van der Waals surface area contributed by atoms with Crippen LogP contribution in [0, 0.1) is 0 Å². The van der Waals surface area contributed by atoms with E-state index in [1.165, 1.54) is 7.11 Å². The number of rotatable bonds is 5. The number of amides is 1. The van der Waals surface area contributed by atoms with Crippen LogP contribution in [0.3, 0.4) is 0 Å². The zero-order valence-electron chi connectivity index (χ0n) is 15.4. The molecule has 0 bridgehead atoms. The lowest BCUT2D eigenvalue weighted by Gasteiger charge is -2.14.